The van der Waals surface area contributed by atoms with E-state index in [1.165, 1.54) is 18.4 Å². The van der Waals surface area contributed by atoms with Gasteiger partial charge in [0.15, 0.2) is 0 Å². The highest BCUT2D eigenvalue weighted by molar-refractivity contribution is 5.27. The molecule has 0 N–H and O–H groups in total. The lowest BCUT2D eigenvalue weighted by molar-refractivity contribution is 0.0240. The van der Waals surface area contributed by atoms with Gasteiger partial charge in [-0.15, -0.1) is 0 Å². The van der Waals surface area contributed by atoms with E-state index in [2.05, 4.69) is 44.2 Å². The molecular formula is C14H20O. The summed E-state index contributed by atoms with van der Waals surface area (Å²) in [6.45, 7) is 5.38. The van der Waals surface area contributed by atoms with E-state index in [1.807, 2.05) is 0 Å². The average Bonchev–Trinajstić information content (AvgIpc) is 3.00. The van der Waals surface area contributed by atoms with Crippen molar-refractivity contribution in [2.75, 3.05) is 6.61 Å². The Bertz CT molecular complexity index is 298. The SMILES string of the molecule is CC(C)CCOC1(c2ccccc2)CC1. The largest absolute Gasteiger partial charge is 0.370 e. The van der Waals surface area contributed by atoms with Gasteiger partial charge in [0.05, 0.1) is 5.60 Å². The molecule has 82 valence electrons. The van der Waals surface area contributed by atoms with Crippen LogP contribution in [0.25, 0.3) is 0 Å². The third-order valence-corrected chi connectivity index (χ3v) is 3.08. The molecule has 1 aliphatic carbocycles. The zero-order chi connectivity index (χ0) is 10.7. The van der Waals surface area contributed by atoms with Crippen LogP contribution < -0.4 is 0 Å². The highest BCUT2D eigenvalue weighted by atomic mass is 16.5. The van der Waals surface area contributed by atoms with Crippen molar-refractivity contribution in [3.8, 4) is 0 Å². The Kier molecular flexibility index (Phi) is 3.11. The van der Waals surface area contributed by atoms with Crippen molar-refractivity contribution in [3.05, 3.63) is 35.9 Å². The van der Waals surface area contributed by atoms with E-state index in [1.54, 1.807) is 0 Å². The van der Waals surface area contributed by atoms with Gasteiger partial charge in [-0.1, -0.05) is 44.2 Å². The van der Waals surface area contributed by atoms with Gasteiger partial charge >= 0.3 is 0 Å². The fourth-order valence-corrected chi connectivity index (χ4v) is 1.86. The Hall–Kier alpha value is -0.820. The van der Waals surface area contributed by atoms with Crippen LogP contribution in [0.5, 0.6) is 0 Å². The lowest BCUT2D eigenvalue weighted by Crippen LogP contribution is -2.13. The molecule has 15 heavy (non-hydrogen) atoms. The lowest BCUT2D eigenvalue weighted by atomic mass is 10.1. The lowest BCUT2D eigenvalue weighted by Gasteiger charge is -2.17. The zero-order valence-electron chi connectivity index (χ0n) is 9.70. The average molecular weight is 204 g/mol. The molecule has 1 aromatic rings. The molecule has 1 aliphatic rings. The van der Waals surface area contributed by atoms with Crippen LogP contribution in [0.4, 0.5) is 0 Å². The van der Waals surface area contributed by atoms with Gasteiger partial charge in [-0.25, -0.2) is 0 Å². The second-order valence-corrected chi connectivity index (χ2v) is 4.89. The van der Waals surface area contributed by atoms with Crippen molar-refractivity contribution in [3.63, 3.8) is 0 Å². The van der Waals surface area contributed by atoms with Crippen molar-refractivity contribution in [2.45, 2.75) is 38.7 Å². The molecule has 1 nitrogen and oxygen atoms in total. The van der Waals surface area contributed by atoms with E-state index in [9.17, 15) is 0 Å². The number of hydrogen-bond donors (Lipinski definition) is 0. The Morgan fingerprint density at radius 3 is 2.40 bits per heavy atom. The van der Waals surface area contributed by atoms with Crippen molar-refractivity contribution in [2.24, 2.45) is 5.92 Å². The quantitative estimate of drug-likeness (QED) is 0.710. The van der Waals surface area contributed by atoms with Gasteiger partial charge in [-0.3, -0.25) is 0 Å². The molecule has 0 bridgehead atoms. The van der Waals surface area contributed by atoms with E-state index < -0.39 is 0 Å². The highest BCUT2D eigenvalue weighted by Crippen LogP contribution is 2.49. The normalized spacial score (nSPS) is 18.1. The molecule has 0 amide bonds. The summed E-state index contributed by atoms with van der Waals surface area (Å²) >= 11 is 0. The van der Waals surface area contributed by atoms with E-state index in [0.717, 1.165) is 18.9 Å². The summed E-state index contributed by atoms with van der Waals surface area (Å²) in [5.41, 5.74) is 1.43. The summed E-state index contributed by atoms with van der Waals surface area (Å²) in [4.78, 5) is 0. The molecule has 2 rings (SSSR count). The van der Waals surface area contributed by atoms with Gasteiger partial charge in [0.2, 0.25) is 0 Å². The molecule has 0 unspecified atom stereocenters. The molecule has 1 saturated carbocycles. The van der Waals surface area contributed by atoms with Crippen LogP contribution in [0.1, 0.15) is 38.7 Å². The van der Waals surface area contributed by atoms with Crippen molar-refractivity contribution in [1.82, 2.24) is 0 Å². The maximum atomic E-state index is 6.04. The van der Waals surface area contributed by atoms with Crippen LogP contribution in [-0.2, 0) is 10.3 Å². The van der Waals surface area contributed by atoms with Gasteiger partial charge in [0, 0.05) is 6.61 Å². The minimum absolute atomic E-state index is 0.0795. The van der Waals surface area contributed by atoms with Gasteiger partial charge in [0.1, 0.15) is 0 Å². The van der Waals surface area contributed by atoms with Crippen LogP contribution in [0.2, 0.25) is 0 Å². The maximum absolute atomic E-state index is 6.04. The fourth-order valence-electron chi connectivity index (χ4n) is 1.86. The van der Waals surface area contributed by atoms with E-state index in [4.69, 9.17) is 4.74 Å². The monoisotopic (exact) mass is 204 g/mol. The first kappa shape index (κ1) is 10.7. The first-order valence-corrected chi connectivity index (χ1v) is 5.92. The Morgan fingerprint density at radius 1 is 1.20 bits per heavy atom. The van der Waals surface area contributed by atoms with Crippen molar-refractivity contribution >= 4 is 0 Å². The molecule has 0 radical (unpaired) electrons. The summed E-state index contributed by atoms with van der Waals surface area (Å²) in [6, 6.07) is 10.6. The Morgan fingerprint density at radius 2 is 1.87 bits per heavy atom. The number of ether oxygens (including phenoxy) is 1. The molecule has 1 fully saturated rings. The summed E-state index contributed by atoms with van der Waals surface area (Å²) in [7, 11) is 0. The van der Waals surface area contributed by atoms with E-state index in [-0.39, 0.29) is 5.60 Å². The number of hydrogen-bond acceptors (Lipinski definition) is 1. The van der Waals surface area contributed by atoms with Crippen molar-refractivity contribution < 1.29 is 4.74 Å². The van der Waals surface area contributed by atoms with Gasteiger partial charge < -0.3 is 4.74 Å². The standard InChI is InChI=1S/C14H20O/c1-12(2)8-11-15-14(9-10-14)13-6-4-3-5-7-13/h3-7,12H,8-11H2,1-2H3. The molecule has 0 spiro atoms. The topological polar surface area (TPSA) is 9.23 Å². The first-order valence-electron chi connectivity index (χ1n) is 5.92. The third kappa shape index (κ3) is 2.60. The first-order chi connectivity index (χ1) is 7.23. The van der Waals surface area contributed by atoms with Gasteiger partial charge in [0.25, 0.3) is 0 Å². The van der Waals surface area contributed by atoms with Crippen LogP contribution in [0.15, 0.2) is 30.3 Å². The van der Waals surface area contributed by atoms with E-state index in [0.29, 0.717) is 0 Å². The fraction of sp³-hybridized carbons (Fsp3) is 0.571. The molecule has 0 aromatic heterocycles. The minimum atomic E-state index is 0.0795. The molecule has 1 heteroatoms. The minimum Gasteiger partial charge on any atom is -0.370 e. The summed E-state index contributed by atoms with van der Waals surface area (Å²) in [5.74, 6) is 0.733. The summed E-state index contributed by atoms with van der Waals surface area (Å²) < 4.78 is 6.04. The molecular weight excluding hydrogens is 184 g/mol. The van der Waals surface area contributed by atoms with E-state index >= 15 is 0 Å². The van der Waals surface area contributed by atoms with Crippen LogP contribution in [0, 0.1) is 5.92 Å². The number of rotatable bonds is 5. The van der Waals surface area contributed by atoms with Gasteiger partial charge in [-0.05, 0) is 30.7 Å². The molecule has 0 saturated heterocycles. The highest BCUT2D eigenvalue weighted by Gasteiger charge is 2.45. The van der Waals surface area contributed by atoms with Gasteiger partial charge in [-0.2, -0.15) is 0 Å². The smallest absolute Gasteiger partial charge is 0.0933 e. The zero-order valence-corrected chi connectivity index (χ0v) is 9.70. The summed E-state index contributed by atoms with van der Waals surface area (Å²) in [5, 5.41) is 0. The molecule has 0 aliphatic heterocycles. The van der Waals surface area contributed by atoms with Crippen LogP contribution in [0.3, 0.4) is 0 Å². The number of benzene rings is 1. The summed E-state index contributed by atoms with van der Waals surface area (Å²) in [6.07, 6.45) is 3.54. The Balaban J connectivity index is 1.91. The Labute approximate surface area is 92.5 Å². The second kappa shape index (κ2) is 4.36. The molecule has 0 atom stereocenters. The second-order valence-electron chi connectivity index (χ2n) is 4.89. The van der Waals surface area contributed by atoms with Crippen LogP contribution >= 0.6 is 0 Å². The molecule has 0 heterocycles. The molecule has 1 aromatic carbocycles. The van der Waals surface area contributed by atoms with Crippen LogP contribution in [-0.4, -0.2) is 6.61 Å². The predicted octanol–water partition coefficient (Wildman–Crippen LogP) is 3.74. The third-order valence-electron chi connectivity index (χ3n) is 3.08. The predicted molar refractivity (Wildman–Crippen MR) is 62.8 cm³/mol. The maximum Gasteiger partial charge on any atom is 0.0933 e. The van der Waals surface area contributed by atoms with Crippen molar-refractivity contribution in [1.29, 1.82) is 0 Å².